The lowest BCUT2D eigenvalue weighted by Crippen LogP contribution is -2.29. The summed E-state index contributed by atoms with van der Waals surface area (Å²) in [7, 11) is 1.60. The van der Waals surface area contributed by atoms with Gasteiger partial charge in [0.1, 0.15) is 11.4 Å². The van der Waals surface area contributed by atoms with Gasteiger partial charge in [0, 0.05) is 14.5 Å². The number of hydrogen-bond acceptors (Lipinski definition) is 3. The van der Waals surface area contributed by atoms with Gasteiger partial charge in [0.15, 0.2) is 5.11 Å². The summed E-state index contributed by atoms with van der Waals surface area (Å²) in [6.45, 7) is 0.422. The van der Waals surface area contributed by atoms with Crippen molar-refractivity contribution in [3.8, 4) is 5.75 Å². The predicted molar refractivity (Wildman–Crippen MR) is 109 cm³/mol. The number of thiocarbonyl (C=S) groups is 1. The number of nitrogens with zero attached hydrogens (tertiary/aromatic N) is 1. The van der Waals surface area contributed by atoms with E-state index in [1.165, 1.54) is 0 Å². The van der Waals surface area contributed by atoms with Crippen LogP contribution in [-0.4, -0.2) is 23.0 Å². The van der Waals surface area contributed by atoms with Crippen molar-refractivity contribution < 1.29 is 9.53 Å². The van der Waals surface area contributed by atoms with Crippen molar-refractivity contribution in [2.24, 2.45) is 0 Å². The van der Waals surface area contributed by atoms with Gasteiger partial charge in [-0.2, -0.15) is 0 Å². The summed E-state index contributed by atoms with van der Waals surface area (Å²) in [5, 5.41) is 3.39. The maximum absolute atomic E-state index is 12.7. The zero-order chi connectivity index (χ0) is 18.0. The fourth-order valence-electron chi connectivity index (χ4n) is 2.46. The van der Waals surface area contributed by atoms with Crippen molar-refractivity contribution in [2.45, 2.75) is 6.54 Å². The van der Waals surface area contributed by atoms with Crippen LogP contribution >= 0.6 is 44.1 Å². The number of methoxy groups -OCH3 is 1. The van der Waals surface area contributed by atoms with Crippen LogP contribution in [0.25, 0.3) is 6.08 Å². The Balaban J connectivity index is 1.86. The van der Waals surface area contributed by atoms with Crippen molar-refractivity contribution in [3.63, 3.8) is 0 Å². The first kappa shape index (κ1) is 18.1. The Hall–Kier alpha value is -1.70. The predicted octanol–water partition coefficient (Wildman–Crippen LogP) is 4.48. The van der Waals surface area contributed by atoms with Gasteiger partial charge in [0.05, 0.1) is 13.7 Å². The van der Waals surface area contributed by atoms with Gasteiger partial charge in [-0.3, -0.25) is 9.69 Å². The topological polar surface area (TPSA) is 41.6 Å². The molecule has 25 heavy (non-hydrogen) atoms. The van der Waals surface area contributed by atoms with Gasteiger partial charge < -0.3 is 10.1 Å². The smallest absolute Gasteiger partial charge is 0.276 e. The number of halogens is 2. The second-order valence-electron chi connectivity index (χ2n) is 5.39. The molecule has 1 amide bonds. The van der Waals surface area contributed by atoms with Crippen LogP contribution < -0.4 is 10.1 Å². The molecule has 7 heteroatoms. The van der Waals surface area contributed by atoms with Gasteiger partial charge in [-0.05, 0) is 54.2 Å². The van der Waals surface area contributed by atoms with Crippen molar-refractivity contribution in [1.82, 2.24) is 10.2 Å². The van der Waals surface area contributed by atoms with Gasteiger partial charge in [0.25, 0.3) is 5.91 Å². The SMILES string of the molecule is COc1ccc(Br)cc1C=C1NC(=S)N(Cc2ccc(Br)cc2)C1=O. The number of amides is 1. The van der Waals surface area contributed by atoms with Crippen molar-refractivity contribution in [3.05, 3.63) is 68.2 Å². The van der Waals surface area contributed by atoms with Crippen LogP contribution in [0.5, 0.6) is 5.75 Å². The summed E-state index contributed by atoms with van der Waals surface area (Å²) in [6.07, 6.45) is 1.75. The first-order valence-corrected chi connectivity index (χ1v) is 9.40. The minimum atomic E-state index is -0.157. The molecule has 1 aliphatic heterocycles. The molecule has 1 N–H and O–H groups in total. The summed E-state index contributed by atoms with van der Waals surface area (Å²) < 4.78 is 7.25. The minimum absolute atomic E-state index is 0.157. The lowest BCUT2D eigenvalue weighted by molar-refractivity contribution is -0.122. The summed E-state index contributed by atoms with van der Waals surface area (Å²) in [5.41, 5.74) is 2.22. The molecule has 1 aliphatic rings. The van der Waals surface area contributed by atoms with Crippen molar-refractivity contribution >= 4 is 61.2 Å². The van der Waals surface area contributed by atoms with E-state index in [0.29, 0.717) is 23.1 Å². The van der Waals surface area contributed by atoms with E-state index >= 15 is 0 Å². The highest BCUT2D eigenvalue weighted by Gasteiger charge is 2.30. The molecule has 4 nitrogen and oxygen atoms in total. The van der Waals surface area contributed by atoms with Crippen LogP contribution in [0.1, 0.15) is 11.1 Å². The number of ether oxygens (including phenoxy) is 1. The van der Waals surface area contributed by atoms with Crippen LogP contribution in [0.2, 0.25) is 0 Å². The molecule has 1 saturated heterocycles. The van der Waals surface area contributed by atoms with Crippen LogP contribution in [0, 0.1) is 0 Å². The normalized spacial score (nSPS) is 15.6. The lowest BCUT2D eigenvalue weighted by Gasteiger charge is -2.14. The van der Waals surface area contributed by atoms with Crippen LogP contribution in [0.4, 0.5) is 0 Å². The average Bonchev–Trinajstić information content (AvgIpc) is 2.84. The van der Waals surface area contributed by atoms with Gasteiger partial charge >= 0.3 is 0 Å². The second kappa shape index (κ2) is 7.68. The molecular weight excluding hydrogens is 468 g/mol. The molecule has 1 heterocycles. The number of carbonyl (C=O) groups is 1. The van der Waals surface area contributed by atoms with Gasteiger partial charge in [-0.1, -0.05) is 44.0 Å². The number of nitrogens with one attached hydrogen (secondary N) is 1. The monoisotopic (exact) mass is 480 g/mol. The maximum Gasteiger partial charge on any atom is 0.276 e. The first-order valence-electron chi connectivity index (χ1n) is 7.40. The van der Waals surface area contributed by atoms with E-state index in [2.05, 4.69) is 37.2 Å². The molecule has 0 aliphatic carbocycles. The molecule has 2 aromatic carbocycles. The Labute approximate surface area is 168 Å². The molecule has 0 atom stereocenters. The number of rotatable bonds is 4. The first-order chi connectivity index (χ1) is 12.0. The van der Waals surface area contributed by atoms with Crippen LogP contribution in [0.15, 0.2) is 57.1 Å². The Bertz CT molecular complexity index is 866. The maximum atomic E-state index is 12.7. The lowest BCUT2D eigenvalue weighted by atomic mass is 10.1. The zero-order valence-corrected chi connectivity index (χ0v) is 17.2. The van der Waals surface area contributed by atoms with Gasteiger partial charge in [-0.15, -0.1) is 0 Å². The minimum Gasteiger partial charge on any atom is -0.496 e. The van der Waals surface area contributed by atoms with Crippen LogP contribution in [-0.2, 0) is 11.3 Å². The Morgan fingerprint density at radius 3 is 2.52 bits per heavy atom. The number of carbonyl (C=O) groups excluding carboxylic acids is 1. The van der Waals surface area contributed by atoms with E-state index in [1.807, 2.05) is 42.5 Å². The molecule has 0 saturated carbocycles. The quantitative estimate of drug-likeness (QED) is 0.516. The van der Waals surface area contributed by atoms with E-state index in [0.717, 1.165) is 20.1 Å². The van der Waals surface area contributed by atoms with Crippen molar-refractivity contribution in [1.29, 1.82) is 0 Å². The zero-order valence-electron chi connectivity index (χ0n) is 13.3. The highest BCUT2D eigenvalue weighted by molar-refractivity contribution is 9.10. The highest BCUT2D eigenvalue weighted by atomic mass is 79.9. The van der Waals surface area contributed by atoms with Gasteiger partial charge in [0.2, 0.25) is 0 Å². The molecular formula is C18H14Br2N2O2S. The molecule has 1 fully saturated rings. The third-order valence-corrected chi connectivity index (χ3v) is 5.05. The number of benzene rings is 2. The second-order valence-corrected chi connectivity index (χ2v) is 7.61. The molecule has 0 bridgehead atoms. The molecule has 0 spiro atoms. The standard InChI is InChI=1S/C18H14Br2N2O2S/c1-24-16-7-6-14(20)8-12(16)9-15-17(23)22(18(25)21-15)10-11-2-4-13(19)5-3-11/h2-9H,10H2,1H3,(H,21,25). The van der Waals surface area contributed by atoms with Crippen molar-refractivity contribution in [2.75, 3.05) is 7.11 Å². The van der Waals surface area contributed by atoms with E-state index < -0.39 is 0 Å². The van der Waals surface area contributed by atoms with E-state index in [4.69, 9.17) is 17.0 Å². The third-order valence-electron chi connectivity index (χ3n) is 3.71. The molecule has 3 rings (SSSR count). The van der Waals surface area contributed by atoms with E-state index in [-0.39, 0.29) is 5.91 Å². The summed E-state index contributed by atoms with van der Waals surface area (Å²) in [5.74, 6) is 0.525. The summed E-state index contributed by atoms with van der Waals surface area (Å²) in [4.78, 5) is 14.3. The molecule has 0 aromatic heterocycles. The Kier molecular flexibility index (Phi) is 5.56. The van der Waals surface area contributed by atoms with Crippen LogP contribution in [0.3, 0.4) is 0 Å². The molecule has 0 radical (unpaired) electrons. The Morgan fingerprint density at radius 1 is 1.16 bits per heavy atom. The third kappa shape index (κ3) is 4.11. The molecule has 2 aromatic rings. The fraction of sp³-hybridized carbons (Fsp3) is 0.111. The number of hydrogen-bond donors (Lipinski definition) is 1. The Morgan fingerprint density at radius 2 is 1.84 bits per heavy atom. The van der Waals surface area contributed by atoms with E-state index in [1.54, 1.807) is 18.1 Å². The van der Waals surface area contributed by atoms with E-state index in [9.17, 15) is 4.79 Å². The molecule has 0 unspecified atom stereocenters. The molecule has 128 valence electrons. The fourth-order valence-corrected chi connectivity index (χ4v) is 3.36. The summed E-state index contributed by atoms with van der Waals surface area (Å²) >= 11 is 12.2. The average molecular weight is 482 g/mol. The summed E-state index contributed by atoms with van der Waals surface area (Å²) in [6, 6.07) is 13.4. The van der Waals surface area contributed by atoms with Gasteiger partial charge in [-0.25, -0.2) is 0 Å². The highest BCUT2D eigenvalue weighted by Crippen LogP contribution is 2.26. The largest absolute Gasteiger partial charge is 0.496 e.